The first-order valence-corrected chi connectivity index (χ1v) is 11.8. The molecule has 7 nitrogen and oxygen atoms in total. The van der Waals surface area contributed by atoms with Crippen LogP contribution in [0.4, 0.5) is 8.78 Å². The van der Waals surface area contributed by atoms with E-state index in [9.17, 15) is 18.4 Å². The average Bonchev–Trinajstić information content (AvgIpc) is 3.03. The molecule has 1 spiro atoms. The Morgan fingerprint density at radius 3 is 2.70 bits per heavy atom. The summed E-state index contributed by atoms with van der Waals surface area (Å²) in [6, 6.07) is 1.69. The van der Waals surface area contributed by atoms with Crippen LogP contribution in [0.1, 0.15) is 56.9 Å². The van der Waals surface area contributed by atoms with Crippen LogP contribution in [-0.2, 0) is 19.1 Å². The monoisotopic (exact) mass is 464 g/mol. The lowest BCUT2D eigenvalue weighted by atomic mass is 9.82. The number of ether oxygens (including phenoxy) is 3. The Balaban J connectivity index is 1.45. The molecule has 3 fully saturated rings. The lowest BCUT2D eigenvalue weighted by molar-refractivity contribution is -0.144. The number of rotatable bonds is 0. The third kappa shape index (κ3) is 4.21. The summed E-state index contributed by atoms with van der Waals surface area (Å²) in [5.41, 5.74) is -0.153. The van der Waals surface area contributed by atoms with Crippen molar-refractivity contribution in [3.8, 4) is 5.75 Å². The Kier molecular flexibility index (Phi) is 6.03. The van der Waals surface area contributed by atoms with Gasteiger partial charge in [-0.2, -0.15) is 0 Å². The standard InChI is InChI=1S/C24H30F2N2O5/c1-14-10-24(13-31-12-21(29)27-24)20-11-33-17-4-2-15(3-5-17)18-8-16(25)9-19(26)23(18)32-7-6-22(30)28(14)20/h8-9,14-15,17,20H,2-7,10-13H2,1H3,(H,27,29)/t14-,15-,17+,20+,24-/m1/s1. The van der Waals surface area contributed by atoms with Crippen LogP contribution in [0.3, 0.4) is 0 Å². The molecule has 1 aromatic rings. The molecule has 4 heterocycles. The maximum absolute atomic E-state index is 14.6. The molecule has 1 N–H and O–H groups in total. The van der Waals surface area contributed by atoms with Gasteiger partial charge in [-0.25, -0.2) is 8.78 Å². The summed E-state index contributed by atoms with van der Waals surface area (Å²) < 4.78 is 46.3. The van der Waals surface area contributed by atoms with Crippen LogP contribution in [0.15, 0.2) is 12.1 Å². The molecule has 2 saturated heterocycles. The lowest BCUT2D eigenvalue weighted by Gasteiger charge is -2.42. The van der Waals surface area contributed by atoms with Gasteiger partial charge in [-0.1, -0.05) is 0 Å². The van der Waals surface area contributed by atoms with Crippen molar-refractivity contribution in [2.24, 2.45) is 0 Å². The Bertz CT molecular complexity index is 936. The number of halogens is 2. The predicted molar refractivity (Wildman–Crippen MR) is 114 cm³/mol. The topological polar surface area (TPSA) is 77.1 Å². The Labute approximate surface area is 191 Å². The molecule has 180 valence electrons. The first-order chi connectivity index (χ1) is 15.9. The van der Waals surface area contributed by atoms with E-state index < -0.39 is 17.2 Å². The Morgan fingerprint density at radius 2 is 1.94 bits per heavy atom. The second-order valence-corrected chi connectivity index (χ2v) is 9.78. The number of morpholine rings is 1. The van der Waals surface area contributed by atoms with E-state index in [1.165, 1.54) is 6.07 Å². The third-order valence-corrected chi connectivity index (χ3v) is 7.58. The SMILES string of the molecule is C[C@@H]1C[C@@]2(COCC(=O)N2)[C@@H]2CO[C@H]3CC[C@H](CC3)c3cc(F)cc(F)c3OCCC(=O)N12. The molecule has 2 bridgehead atoms. The number of hydrogen-bond acceptors (Lipinski definition) is 5. The molecular formula is C24H30F2N2O5. The molecule has 9 heteroatoms. The largest absolute Gasteiger partial charge is 0.490 e. The van der Waals surface area contributed by atoms with Crippen LogP contribution in [0, 0.1) is 11.6 Å². The van der Waals surface area contributed by atoms with Gasteiger partial charge in [0, 0.05) is 17.7 Å². The molecule has 0 aromatic heterocycles. The van der Waals surface area contributed by atoms with E-state index in [2.05, 4.69) is 5.32 Å². The van der Waals surface area contributed by atoms with Gasteiger partial charge < -0.3 is 24.4 Å². The zero-order valence-corrected chi connectivity index (χ0v) is 18.8. The van der Waals surface area contributed by atoms with Gasteiger partial charge in [-0.15, -0.1) is 0 Å². The minimum absolute atomic E-state index is 0.0150. The predicted octanol–water partition coefficient (Wildman–Crippen LogP) is 2.66. The highest BCUT2D eigenvalue weighted by Gasteiger charge is 2.55. The zero-order chi connectivity index (χ0) is 23.2. The summed E-state index contributed by atoms with van der Waals surface area (Å²) in [5, 5.41) is 3.09. The highest BCUT2D eigenvalue weighted by atomic mass is 19.1. The maximum Gasteiger partial charge on any atom is 0.246 e. The summed E-state index contributed by atoms with van der Waals surface area (Å²) in [7, 11) is 0. The van der Waals surface area contributed by atoms with Crippen molar-refractivity contribution in [2.75, 3.05) is 26.4 Å². The summed E-state index contributed by atoms with van der Waals surface area (Å²) in [6.45, 7) is 2.58. The van der Waals surface area contributed by atoms with Crippen molar-refractivity contribution < 1.29 is 32.6 Å². The second kappa shape index (κ2) is 8.83. The molecular weight excluding hydrogens is 434 g/mol. The van der Waals surface area contributed by atoms with Gasteiger partial charge >= 0.3 is 0 Å². The van der Waals surface area contributed by atoms with Crippen LogP contribution in [-0.4, -0.2) is 66.9 Å². The molecule has 1 aliphatic carbocycles. The van der Waals surface area contributed by atoms with Gasteiger partial charge in [0.05, 0.1) is 43.9 Å². The molecule has 6 rings (SSSR count). The average molecular weight is 465 g/mol. The van der Waals surface area contributed by atoms with Gasteiger partial charge in [-0.05, 0) is 51.0 Å². The van der Waals surface area contributed by atoms with E-state index in [4.69, 9.17) is 14.2 Å². The molecule has 2 amide bonds. The van der Waals surface area contributed by atoms with Crippen molar-refractivity contribution in [1.82, 2.24) is 10.2 Å². The number of nitrogens with one attached hydrogen (secondary N) is 1. The molecule has 5 aliphatic rings. The van der Waals surface area contributed by atoms with Crippen LogP contribution >= 0.6 is 0 Å². The van der Waals surface area contributed by atoms with Crippen molar-refractivity contribution in [2.45, 2.75) is 75.1 Å². The zero-order valence-electron chi connectivity index (χ0n) is 18.8. The highest BCUT2D eigenvalue weighted by molar-refractivity contribution is 5.81. The van der Waals surface area contributed by atoms with Crippen LogP contribution in [0.25, 0.3) is 0 Å². The number of carbonyl (C=O) groups excluding carboxylic acids is 2. The molecule has 1 saturated carbocycles. The van der Waals surface area contributed by atoms with E-state index in [1.54, 1.807) is 4.90 Å². The van der Waals surface area contributed by atoms with Crippen LogP contribution < -0.4 is 10.1 Å². The van der Waals surface area contributed by atoms with Crippen LogP contribution in [0.5, 0.6) is 5.75 Å². The fraction of sp³-hybridized carbons (Fsp3) is 0.667. The van der Waals surface area contributed by atoms with Gasteiger partial charge in [0.1, 0.15) is 12.4 Å². The van der Waals surface area contributed by atoms with Crippen LogP contribution in [0.2, 0.25) is 0 Å². The van der Waals surface area contributed by atoms with Crippen molar-refractivity contribution in [3.05, 3.63) is 29.3 Å². The molecule has 0 unspecified atom stereocenters. The van der Waals surface area contributed by atoms with Crippen molar-refractivity contribution >= 4 is 11.8 Å². The fourth-order valence-corrected chi connectivity index (χ4v) is 6.13. The quantitative estimate of drug-likeness (QED) is 0.639. The molecule has 4 aliphatic heterocycles. The molecule has 0 radical (unpaired) electrons. The van der Waals surface area contributed by atoms with E-state index in [0.717, 1.165) is 31.7 Å². The smallest absolute Gasteiger partial charge is 0.246 e. The van der Waals surface area contributed by atoms with Gasteiger partial charge in [0.2, 0.25) is 11.8 Å². The summed E-state index contributed by atoms with van der Waals surface area (Å²) in [5.74, 6) is -1.69. The Hall–Kier alpha value is -2.26. The third-order valence-electron chi connectivity index (χ3n) is 7.58. The van der Waals surface area contributed by atoms with E-state index in [0.29, 0.717) is 25.2 Å². The number of benzene rings is 1. The van der Waals surface area contributed by atoms with Gasteiger partial charge in [0.25, 0.3) is 0 Å². The van der Waals surface area contributed by atoms with E-state index in [1.807, 2.05) is 6.92 Å². The highest BCUT2D eigenvalue weighted by Crippen LogP contribution is 2.42. The number of fused-ring (bicyclic) bond motifs is 6. The summed E-state index contributed by atoms with van der Waals surface area (Å²) in [6.07, 6.45) is 3.55. The minimum atomic E-state index is -0.739. The normalized spacial score (nSPS) is 34.9. The van der Waals surface area contributed by atoms with E-state index in [-0.39, 0.29) is 61.3 Å². The molecule has 3 atom stereocenters. The number of nitrogens with zero attached hydrogens (tertiary/aromatic N) is 1. The summed E-state index contributed by atoms with van der Waals surface area (Å²) >= 11 is 0. The lowest BCUT2D eigenvalue weighted by Crippen LogP contribution is -2.65. The van der Waals surface area contributed by atoms with Gasteiger partial charge in [0.15, 0.2) is 11.6 Å². The fourth-order valence-electron chi connectivity index (χ4n) is 6.13. The van der Waals surface area contributed by atoms with Gasteiger partial charge in [-0.3, -0.25) is 9.59 Å². The number of carbonyl (C=O) groups is 2. The minimum Gasteiger partial charge on any atom is -0.490 e. The van der Waals surface area contributed by atoms with Crippen molar-refractivity contribution in [3.63, 3.8) is 0 Å². The summed E-state index contributed by atoms with van der Waals surface area (Å²) in [4.78, 5) is 27.2. The Morgan fingerprint density at radius 1 is 1.15 bits per heavy atom. The number of hydrogen-bond donors (Lipinski definition) is 1. The van der Waals surface area contributed by atoms with E-state index >= 15 is 0 Å². The second-order valence-electron chi connectivity index (χ2n) is 9.78. The first kappa shape index (κ1) is 22.5. The maximum atomic E-state index is 14.6. The van der Waals surface area contributed by atoms with Crippen molar-refractivity contribution in [1.29, 1.82) is 0 Å². The molecule has 33 heavy (non-hydrogen) atoms. The number of amides is 2. The molecule has 1 aromatic carbocycles. The first-order valence-electron chi connectivity index (χ1n) is 11.8.